The van der Waals surface area contributed by atoms with Gasteiger partial charge in [-0.2, -0.15) is 0 Å². The summed E-state index contributed by atoms with van der Waals surface area (Å²) in [5.74, 6) is -0.729. The van der Waals surface area contributed by atoms with Crippen LogP contribution in [0, 0.1) is 0 Å². The number of esters is 2. The van der Waals surface area contributed by atoms with E-state index in [-0.39, 0.29) is 19.2 Å². The van der Waals surface area contributed by atoms with Crippen molar-refractivity contribution in [2.24, 2.45) is 0 Å². The first kappa shape index (κ1) is 18.6. The number of aliphatic hydroxyl groups is 1. The van der Waals surface area contributed by atoms with Crippen molar-refractivity contribution >= 4 is 11.9 Å². The highest BCUT2D eigenvalue weighted by molar-refractivity contribution is 5.86. The number of hydrogen-bond acceptors (Lipinski definition) is 6. The van der Waals surface area contributed by atoms with Gasteiger partial charge in [0.2, 0.25) is 0 Å². The van der Waals surface area contributed by atoms with Gasteiger partial charge in [-0.15, -0.1) is 0 Å². The number of carbonyl (C=O) groups excluding carboxylic acids is 2. The minimum absolute atomic E-state index is 0.103. The number of aliphatic hydroxyl groups excluding tert-OH is 1. The molecule has 1 N–H and O–H groups in total. The lowest BCUT2D eigenvalue weighted by Crippen LogP contribution is -2.24. The molecule has 0 aromatic carbocycles. The Morgan fingerprint density at radius 3 is 2.50 bits per heavy atom. The summed E-state index contributed by atoms with van der Waals surface area (Å²) in [6.07, 6.45) is 1.99. The zero-order valence-corrected chi connectivity index (χ0v) is 12.2. The maximum Gasteiger partial charge on any atom is 0.333 e. The Hall–Kier alpha value is -1.40. The molecule has 0 rings (SSSR count). The first-order valence-corrected chi connectivity index (χ1v) is 6.62. The lowest BCUT2D eigenvalue weighted by molar-refractivity contribution is -0.143. The van der Waals surface area contributed by atoms with Gasteiger partial charge in [-0.3, -0.25) is 4.79 Å². The van der Waals surface area contributed by atoms with Crippen LogP contribution in [-0.2, 0) is 23.8 Å². The van der Waals surface area contributed by atoms with Crippen LogP contribution in [-0.4, -0.2) is 50.1 Å². The third-order valence-electron chi connectivity index (χ3n) is 2.46. The molecule has 1 unspecified atom stereocenters. The number of unbranched alkanes of at least 4 members (excludes halogenated alkanes) is 2. The van der Waals surface area contributed by atoms with Gasteiger partial charge in [0, 0.05) is 18.6 Å². The molecule has 6 heteroatoms. The van der Waals surface area contributed by atoms with Crippen LogP contribution in [0.1, 0.15) is 32.6 Å². The summed E-state index contributed by atoms with van der Waals surface area (Å²) < 4.78 is 14.5. The molecule has 0 aliphatic rings. The van der Waals surface area contributed by atoms with Gasteiger partial charge in [-0.1, -0.05) is 13.0 Å². The van der Waals surface area contributed by atoms with Gasteiger partial charge < -0.3 is 19.3 Å². The van der Waals surface area contributed by atoms with E-state index in [1.807, 2.05) is 0 Å². The van der Waals surface area contributed by atoms with Crippen LogP contribution in [0.2, 0.25) is 0 Å². The second-order valence-corrected chi connectivity index (χ2v) is 4.49. The highest BCUT2D eigenvalue weighted by atomic mass is 16.5. The fourth-order valence-electron chi connectivity index (χ4n) is 1.31. The van der Waals surface area contributed by atoms with Gasteiger partial charge in [0.25, 0.3) is 0 Å². The predicted octanol–water partition coefficient (Wildman–Crippen LogP) is 1.22. The van der Waals surface area contributed by atoms with Crippen LogP contribution >= 0.6 is 0 Å². The molecule has 0 saturated heterocycles. The van der Waals surface area contributed by atoms with Crippen molar-refractivity contribution in [2.45, 2.75) is 38.7 Å². The molecule has 0 aliphatic carbocycles. The number of ether oxygens (including phenoxy) is 3. The number of rotatable bonds is 11. The average molecular weight is 288 g/mol. The van der Waals surface area contributed by atoms with E-state index in [1.54, 1.807) is 6.92 Å². The molecule has 0 heterocycles. The smallest absolute Gasteiger partial charge is 0.333 e. The summed E-state index contributed by atoms with van der Waals surface area (Å²) in [6, 6.07) is 0. The highest BCUT2D eigenvalue weighted by Crippen LogP contribution is 2.02. The Morgan fingerprint density at radius 2 is 1.90 bits per heavy atom. The minimum atomic E-state index is -0.839. The van der Waals surface area contributed by atoms with E-state index in [9.17, 15) is 14.7 Å². The molecule has 0 aromatic heterocycles. The molecule has 1 atom stereocenters. The number of methoxy groups -OCH3 is 1. The average Bonchev–Trinajstić information content (AvgIpc) is 2.42. The summed E-state index contributed by atoms with van der Waals surface area (Å²) in [4.78, 5) is 21.9. The lowest BCUT2D eigenvalue weighted by Gasteiger charge is -2.11. The number of carbonyl (C=O) groups is 2. The van der Waals surface area contributed by atoms with Gasteiger partial charge in [0.1, 0.15) is 12.7 Å². The monoisotopic (exact) mass is 288 g/mol. The fourth-order valence-corrected chi connectivity index (χ4v) is 1.31. The van der Waals surface area contributed by atoms with Gasteiger partial charge in [-0.25, -0.2) is 4.79 Å². The summed E-state index contributed by atoms with van der Waals surface area (Å²) >= 11 is 0. The van der Waals surface area contributed by atoms with Crippen molar-refractivity contribution in [1.29, 1.82) is 0 Å². The van der Waals surface area contributed by atoms with Crippen molar-refractivity contribution in [2.75, 3.05) is 26.9 Å². The second kappa shape index (κ2) is 11.4. The maximum absolute atomic E-state index is 11.1. The third-order valence-corrected chi connectivity index (χ3v) is 2.46. The predicted molar refractivity (Wildman–Crippen MR) is 73.1 cm³/mol. The molecule has 0 radical (unpaired) electrons. The molecule has 0 fully saturated rings. The molecule has 0 aromatic rings. The van der Waals surface area contributed by atoms with Gasteiger partial charge >= 0.3 is 11.9 Å². The molecule has 20 heavy (non-hydrogen) atoms. The minimum Gasteiger partial charge on any atom is -0.469 e. The van der Waals surface area contributed by atoms with Crippen LogP contribution in [0.3, 0.4) is 0 Å². The van der Waals surface area contributed by atoms with Crippen molar-refractivity contribution in [3.63, 3.8) is 0 Å². The molecule has 0 saturated carbocycles. The second-order valence-electron chi connectivity index (χ2n) is 4.49. The first-order valence-electron chi connectivity index (χ1n) is 6.62. The van der Waals surface area contributed by atoms with E-state index in [0.29, 0.717) is 18.6 Å². The molecule has 6 nitrogen and oxygen atoms in total. The largest absolute Gasteiger partial charge is 0.469 e. The van der Waals surface area contributed by atoms with E-state index in [1.165, 1.54) is 7.11 Å². The zero-order chi connectivity index (χ0) is 15.4. The Kier molecular flexibility index (Phi) is 10.6. The van der Waals surface area contributed by atoms with Crippen LogP contribution in [0.25, 0.3) is 0 Å². The quantitative estimate of drug-likeness (QED) is 0.350. The van der Waals surface area contributed by atoms with E-state index in [0.717, 1.165) is 19.3 Å². The summed E-state index contributed by atoms with van der Waals surface area (Å²) in [7, 11) is 1.37. The Balaban J connectivity index is 3.39. The molecule has 0 amide bonds. The highest BCUT2D eigenvalue weighted by Gasteiger charge is 2.09. The van der Waals surface area contributed by atoms with Crippen LogP contribution in [0.15, 0.2) is 12.2 Å². The normalized spacial score (nSPS) is 11.8. The summed E-state index contributed by atoms with van der Waals surface area (Å²) in [6.45, 7) is 5.48. The fraction of sp³-hybridized carbons (Fsp3) is 0.714. The van der Waals surface area contributed by atoms with Crippen LogP contribution in [0.5, 0.6) is 0 Å². The summed E-state index contributed by atoms with van der Waals surface area (Å²) in [5.41, 5.74) is 0.295. The molecule has 0 spiro atoms. The van der Waals surface area contributed by atoms with E-state index < -0.39 is 12.1 Å². The molecule has 116 valence electrons. The Bertz CT molecular complexity index is 313. The first-order chi connectivity index (χ1) is 9.47. The van der Waals surface area contributed by atoms with Gasteiger partial charge in [0.15, 0.2) is 0 Å². The van der Waals surface area contributed by atoms with Crippen molar-refractivity contribution in [3.05, 3.63) is 12.2 Å². The zero-order valence-electron chi connectivity index (χ0n) is 12.2. The molecule has 0 aliphatic heterocycles. The van der Waals surface area contributed by atoms with Crippen molar-refractivity contribution in [1.82, 2.24) is 0 Å². The summed E-state index contributed by atoms with van der Waals surface area (Å²) in [5, 5.41) is 9.49. The SMILES string of the molecule is C=C(C)C(=O)OCC(O)COCCCCCC(=O)OC. The third kappa shape index (κ3) is 10.5. The maximum atomic E-state index is 11.1. The van der Waals surface area contributed by atoms with Crippen LogP contribution < -0.4 is 0 Å². The number of hydrogen-bond donors (Lipinski definition) is 1. The van der Waals surface area contributed by atoms with E-state index >= 15 is 0 Å². The standard InChI is InChI=1S/C14H24O6/c1-11(2)14(17)20-10-12(15)9-19-8-6-4-5-7-13(16)18-3/h12,15H,1,4-10H2,2-3H3. The molecular formula is C14H24O6. The Labute approximate surface area is 119 Å². The van der Waals surface area contributed by atoms with Gasteiger partial charge in [0.05, 0.1) is 13.7 Å². The van der Waals surface area contributed by atoms with Crippen molar-refractivity contribution in [3.8, 4) is 0 Å². The molecular weight excluding hydrogens is 264 g/mol. The Morgan fingerprint density at radius 1 is 1.20 bits per heavy atom. The van der Waals surface area contributed by atoms with Crippen LogP contribution in [0.4, 0.5) is 0 Å². The molecule has 0 bridgehead atoms. The van der Waals surface area contributed by atoms with Gasteiger partial charge in [-0.05, 0) is 19.8 Å². The topological polar surface area (TPSA) is 82.1 Å². The lowest BCUT2D eigenvalue weighted by atomic mass is 10.2. The van der Waals surface area contributed by atoms with Crippen molar-refractivity contribution < 1.29 is 28.9 Å². The van der Waals surface area contributed by atoms with E-state index in [4.69, 9.17) is 9.47 Å². The van der Waals surface area contributed by atoms with E-state index in [2.05, 4.69) is 11.3 Å².